The molecule has 0 aromatic heterocycles. The van der Waals surface area contributed by atoms with Crippen molar-refractivity contribution in [3.05, 3.63) is 65.7 Å². The Balaban J connectivity index is 1.45. The number of nitrogens with one attached hydrogen (secondary N) is 1. The summed E-state index contributed by atoms with van der Waals surface area (Å²) in [5.74, 6) is -1.17. The van der Waals surface area contributed by atoms with Gasteiger partial charge in [-0.15, -0.1) is 0 Å². The number of para-hydroxylation sites is 1. The van der Waals surface area contributed by atoms with Gasteiger partial charge in [-0.1, -0.05) is 55.0 Å². The maximum Gasteiger partial charge on any atom is 0.414 e. The molecule has 35 heavy (non-hydrogen) atoms. The maximum atomic E-state index is 13.4. The number of anilines is 1. The predicted molar refractivity (Wildman–Crippen MR) is 129 cm³/mol. The largest absolute Gasteiger partial charge is 0.481 e. The first-order valence-corrected chi connectivity index (χ1v) is 12.4. The zero-order chi connectivity index (χ0) is 24.4. The fourth-order valence-corrected chi connectivity index (χ4v) is 5.43. The molecule has 2 amide bonds. The average Bonchev–Trinajstić information content (AvgIpc) is 3.57. The minimum atomic E-state index is -0.986. The lowest BCUT2D eigenvalue weighted by molar-refractivity contribution is -0.145. The third kappa shape index (κ3) is 5.03. The number of rotatable bonds is 8. The normalized spacial score (nSPS) is 22.7. The van der Waals surface area contributed by atoms with Gasteiger partial charge in [-0.05, 0) is 37.3 Å². The van der Waals surface area contributed by atoms with E-state index in [-0.39, 0.29) is 55.5 Å². The fourth-order valence-electron chi connectivity index (χ4n) is 5.43. The van der Waals surface area contributed by atoms with Gasteiger partial charge < -0.3 is 9.84 Å². The first kappa shape index (κ1) is 23.4. The van der Waals surface area contributed by atoms with Crippen LogP contribution in [-0.4, -0.2) is 40.2 Å². The van der Waals surface area contributed by atoms with Gasteiger partial charge in [0.25, 0.3) is 0 Å². The second-order valence-corrected chi connectivity index (χ2v) is 9.64. The van der Waals surface area contributed by atoms with Crippen LogP contribution in [0.1, 0.15) is 62.1 Å². The molecule has 2 saturated carbocycles. The Morgan fingerprint density at radius 3 is 2.46 bits per heavy atom. The van der Waals surface area contributed by atoms with Crippen molar-refractivity contribution in [3.8, 4) is 0 Å². The molecule has 3 unspecified atom stereocenters. The van der Waals surface area contributed by atoms with Crippen LogP contribution in [0.15, 0.2) is 54.6 Å². The van der Waals surface area contributed by atoms with E-state index >= 15 is 0 Å². The maximum absolute atomic E-state index is 13.4. The van der Waals surface area contributed by atoms with E-state index in [1.165, 1.54) is 0 Å². The van der Waals surface area contributed by atoms with Crippen LogP contribution in [-0.2, 0) is 20.9 Å². The van der Waals surface area contributed by atoms with E-state index < -0.39 is 5.97 Å². The van der Waals surface area contributed by atoms with Gasteiger partial charge in [0.1, 0.15) is 6.61 Å². The topological polar surface area (TPSA) is 99.2 Å². The number of hydrogen-bond acceptors (Lipinski definition) is 5. The Hall–Kier alpha value is -3.39. The van der Waals surface area contributed by atoms with Gasteiger partial charge in [0.15, 0.2) is 0 Å². The zero-order valence-electron chi connectivity index (χ0n) is 19.6. The van der Waals surface area contributed by atoms with Crippen molar-refractivity contribution in [1.82, 2.24) is 10.4 Å². The van der Waals surface area contributed by atoms with E-state index in [1.54, 1.807) is 9.91 Å². The van der Waals surface area contributed by atoms with Crippen molar-refractivity contribution < 1.29 is 24.2 Å². The summed E-state index contributed by atoms with van der Waals surface area (Å²) in [4.78, 5) is 39.6. The number of fused-ring (bicyclic) bond motifs is 2. The zero-order valence-corrected chi connectivity index (χ0v) is 19.6. The molecule has 5 rings (SSSR count). The molecule has 3 atom stereocenters. The number of aliphatic carboxylic acids is 1. The van der Waals surface area contributed by atoms with Gasteiger partial charge in [0.05, 0.1) is 18.2 Å². The molecule has 1 aliphatic heterocycles. The van der Waals surface area contributed by atoms with Gasteiger partial charge in [-0.2, -0.15) is 0 Å². The van der Waals surface area contributed by atoms with Crippen LogP contribution in [0.4, 0.5) is 10.5 Å². The highest BCUT2D eigenvalue weighted by molar-refractivity contribution is 5.91. The number of benzene rings is 2. The minimum absolute atomic E-state index is 0.0363. The van der Waals surface area contributed by atoms with Crippen molar-refractivity contribution in [2.45, 2.75) is 69.7 Å². The van der Waals surface area contributed by atoms with Crippen LogP contribution in [0, 0.1) is 5.92 Å². The van der Waals surface area contributed by atoms with Gasteiger partial charge in [0.2, 0.25) is 5.91 Å². The standard InChI is InChI=1S/C27H31N3O5/c31-24(15-16-25(32)33)30(28-19-13-14-19)26-20-9-4-5-11-22(20)29(23-12-6-10-21(23)26)27(34)35-17-18-7-2-1-3-8-18/h1-5,7-9,11,19,21,23,26,28H,6,10,12-17H2,(H,32,33). The van der Waals surface area contributed by atoms with E-state index in [4.69, 9.17) is 9.84 Å². The molecule has 8 nitrogen and oxygen atoms in total. The molecule has 1 heterocycles. The Kier molecular flexibility index (Phi) is 6.72. The molecule has 3 aliphatic rings. The van der Waals surface area contributed by atoms with E-state index in [0.29, 0.717) is 0 Å². The molecule has 184 valence electrons. The number of ether oxygens (including phenoxy) is 1. The Bertz CT molecular complexity index is 1090. The third-order valence-electron chi connectivity index (χ3n) is 7.18. The molecule has 2 aromatic carbocycles. The highest BCUT2D eigenvalue weighted by atomic mass is 16.6. The number of carbonyl (C=O) groups excluding carboxylic acids is 2. The number of nitrogens with zero attached hydrogens (tertiary/aromatic N) is 2. The molecule has 2 aliphatic carbocycles. The van der Waals surface area contributed by atoms with E-state index in [9.17, 15) is 14.4 Å². The van der Waals surface area contributed by atoms with E-state index in [2.05, 4.69) is 5.43 Å². The Morgan fingerprint density at radius 1 is 0.971 bits per heavy atom. The number of carboxylic acid groups (broad SMARTS) is 1. The molecule has 8 heteroatoms. The van der Waals surface area contributed by atoms with Crippen LogP contribution < -0.4 is 10.3 Å². The summed E-state index contributed by atoms with van der Waals surface area (Å²) in [5.41, 5.74) is 5.96. The van der Waals surface area contributed by atoms with E-state index in [0.717, 1.165) is 48.9 Å². The molecular weight excluding hydrogens is 446 g/mol. The summed E-state index contributed by atoms with van der Waals surface area (Å²) in [6, 6.07) is 17.2. The summed E-state index contributed by atoms with van der Waals surface area (Å²) in [5, 5.41) is 10.8. The molecule has 2 fully saturated rings. The second-order valence-electron chi connectivity index (χ2n) is 9.64. The van der Waals surface area contributed by atoms with Gasteiger partial charge in [-0.25, -0.2) is 10.2 Å². The van der Waals surface area contributed by atoms with Crippen molar-refractivity contribution in [2.24, 2.45) is 5.92 Å². The lowest BCUT2D eigenvalue weighted by atomic mass is 9.82. The first-order chi connectivity index (χ1) is 17.0. The lowest BCUT2D eigenvalue weighted by Gasteiger charge is -2.47. The summed E-state index contributed by atoms with van der Waals surface area (Å²) >= 11 is 0. The molecule has 2 aromatic rings. The van der Waals surface area contributed by atoms with Crippen molar-refractivity contribution in [3.63, 3.8) is 0 Å². The molecule has 2 N–H and O–H groups in total. The lowest BCUT2D eigenvalue weighted by Crippen LogP contribution is -2.56. The molecule has 0 radical (unpaired) electrons. The first-order valence-electron chi connectivity index (χ1n) is 12.4. The Labute approximate surface area is 204 Å². The summed E-state index contributed by atoms with van der Waals surface area (Å²) in [7, 11) is 0. The smallest absolute Gasteiger partial charge is 0.414 e. The Morgan fingerprint density at radius 2 is 1.71 bits per heavy atom. The summed E-state index contributed by atoms with van der Waals surface area (Å²) < 4.78 is 5.74. The van der Waals surface area contributed by atoms with Crippen molar-refractivity contribution in [2.75, 3.05) is 4.90 Å². The molecule has 0 bridgehead atoms. The van der Waals surface area contributed by atoms with Crippen LogP contribution in [0.5, 0.6) is 0 Å². The van der Waals surface area contributed by atoms with Crippen LogP contribution in [0.3, 0.4) is 0 Å². The summed E-state index contributed by atoms with van der Waals surface area (Å²) in [6.45, 7) is 0.197. The molecule has 0 saturated heterocycles. The molecular formula is C27H31N3O5. The van der Waals surface area contributed by atoms with Gasteiger partial charge in [0, 0.05) is 30.0 Å². The van der Waals surface area contributed by atoms with Gasteiger partial charge >= 0.3 is 12.1 Å². The van der Waals surface area contributed by atoms with Crippen LogP contribution >= 0.6 is 0 Å². The average molecular weight is 478 g/mol. The minimum Gasteiger partial charge on any atom is -0.481 e. The third-order valence-corrected chi connectivity index (χ3v) is 7.18. The number of carboxylic acids is 1. The quantitative estimate of drug-likeness (QED) is 0.547. The van der Waals surface area contributed by atoms with Crippen molar-refractivity contribution in [1.29, 1.82) is 0 Å². The predicted octanol–water partition coefficient (Wildman–Crippen LogP) is 4.41. The van der Waals surface area contributed by atoms with Crippen LogP contribution in [0.2, 0.25) is 0 Å². The fraction of sp³-hybridized carbons (Fsp3) is 0.444. The highest BCUT2D eigenvalue weighted by Gasteiger charge is 2.50. The number of amides is 2. The SMILES string of the molecule is O=C(O)CCC(=O)N(NC1CC1)C1c2ccccc2N(C(=O)OCc2ccccc2)C2CCCC12. The highest BCUT2D eigenvalue weighted by Crippen LogP contribution is 2.50. The van der Waals surface area contributed by atoms with Crippen molar-refractivity contribution >= 4 is 23.7 Å². The number of hydrazine groups is 1. The number of hydrogen-bond donors (Lipinski definition) is 2. The number of carbonyl (C=O) groups is 3. The van der Waals surface area contributed by atoms with E-state index in [1.807, 2.05) is 54.6 Å². The summed E-state index contributed by atoms with van der Waals surface area (Å²) in [6.07, 6.45) is 3.98. The monoisotopic (exact) mass is 477 g/mol. The molecule has 0 spiro atoms. The second kappa shape index (κ2) is 10.1. The van der Waals surface area contributed by atoms with Gasteiger partial charge in [-0.3, -0.25) is 19.5 Å². The van der Waals surface area contributed by atoms with Crippen LogP contribution in [0.25, 0.3) is 0 Å².